The number of aliphatic hydroxyl groups excluding tert-OH is 1. The summed E-state index contributed by atoms with van der Waals surface area (Å²) in [7, 11) is 1.42. The van der Waals surface area contributed by atoms with Crippen LogP contribution in [-0.2, 0) is 16.1 Å². The number of thiophene rings is 1. The highest BCUT2D eigenvalue weighted by molar-refractivity contribution is 7.09. The second kappa shape index (κ2) is 7.08. The summed E-state index contributed by atoms with van der Waals surface area (Å²) in [5.74, 6) is -0.327. The van der Waals surface area contributed by atoms with Crippen molar-refractivity contribution in [2.24, 2.45) is 5.92 Å². The summed E-state index contributed by atoms with van der Waals surface area (Å²) < 4.78 is 4.82. The summed E-state index contributed by atoms with van der Waals surface area (Å²) in [6.45, 7) is 4.97. The van der Waals surface area contributed by atoms with Gasteiger partial charge in [0.2, 0.25) is 0 Å². The Morgan fingerprint density at radius 1 is 1.36 bits per heavy atom. The lowest BCUT2D eigenvalue weighted by Gasteiger charge is -2.39. The number of esters is 1. The van der Waals surface area contributed by atoms with Gasteiger partial charge in [0.15, 0.2) is 0 Å². The second-order valence-corrected chi connectivity index (χ2v) is 7.25. The summed E-state index contributed by atoms with van der Waals surface area (Å²) >= 11 is 1.80. The number of piperazine rings is 1. The SMILES string of the molecule is COC(=O)[C@@H]1C[C@H](O)[C@@H](N2CCN(Cc3cccs3)CC2)C1. The molecule has 2 fully saturated rings. The van der Waals surface area contributed by atoms with Crippen LogP contribution >= 0.6 is 11.3 Å². The number of aliphatic hydroxyl groups is 1. The van der Waals surface area contributed by atoms with Crippen LogP contribution in [0.1, 0.15) is 17.7 Å². The van der Waals surface area contributed by atoms with E-state index in [1.807, 2.05) is 0 Å². The third-order valence-corrected chi connectivity index (χ3v) is 5.73. The van der Waals surface area contributed by atoms with Gasteiger partial charge in [0.05, 0.1) is 19.1 Å². The zero-order valence-corrected chi connectivity index (χ0v) is 13.8. The minimum Gasteiger partial charge on any atom is -0.469 e. The summed E-state index contributed by atoms with van der Waals surface area (Å²) in [6.07, 6.45) is 0.846. The van der Waals surface area contributed by atoms with E-state index >= 15 is 0 Å². The molecule has 1 aliphatic carbocycles. The average Bonchev–Trinajstić information content (AvgIpc) is 3.17. The molecule has 2 heterocycles. The summed E-state index contributed by atoms with van der Waals surface area (Å²) in [6, 6.07) is 4.38. The van der Waals surface area contributed by atoms with Crippen LogP contribution in [0, 0.1) is 5.92 Å². The normalized spacial score (nSPS) is 30.5. The molecule has 1 aliphatic heterocycles. The van der Waals surface area contributed by atoms with Crippen molar-refractivity contribution in [1.29, 1.82) is 0 Å². The molecule has 122 valence electrons. The number of hydrogen-bond acceptors (Lipinski definition) is 6. The summed E-state index contributed by atoms with van der Waals surface area (Å²) in [4.78, 5) is 17.9. The molecule has 1 aromatic rings. The molecule has 0 amide bonds. The predicted octanol–water partition coefficient (Wildman–Crippen LogP) is 1.18. The highest BCUT2D eigenvalue weighted by Gasteiger charge is 2.41. The Balaban J connectivity index is 1.50. The van der Waals surface area contributed by atoms with Crippen molar-refractivity contribution in [3.8, 4) is 0 Å². The number of nitrogens with zero attached hydrogens (tertiary/aromatic N) is 2. The van der Waals surface area contributed by atoms with Gasteiger partial charge >= 0.3 is 5.97 Å². The van der Waals surface area contributed by atoms with E-state index in [2.05, 4.69) is 27.3 Å². The van der Waals surface area contributed by atoms with Crippen LogP contribution in [-0.4, -0.2) is 66.3 Å². The first-order valence-electron chi connectivity index (χ1n) is 7.92. The van der Waals surface area contributed by atoms with Crippen LogP contribution in [0.15, 0.2) is 17.5 Å². The molecule has 0 spiro atoms. The van der Waals surface area contributed by atoms with Gasteiger partial charge in [-0.1, -0.05) is 6.07 Å². The smallest absolute Gasteiger partial charge is 0.308 e. The largest absolute Gasteiger partial charge is 0.469 e. The van der Waals surface area contributed by atoms with Gasteiger partial charge in [0.25, 0.3) is 0 Å². The number of rotatable bonds is 4. The molecule has 0 radical (unpaired) electrons. The van der Waals surface area contributed by atoms with E-state index in [-0.39, 0.29) is 17.9 Å². The first-order chi connectivity index (χ1) is 10.7. The molecule has 1 saturated carbocycles. The molecule has 0 aromatic carbocycles. The number of carbonyl (C=O) groups is 1. The lowest BCUT2D eigenvalue weighted by atomic mass is 10.1. The Morgan fingerprint density at radius 3 is 2.77 bits per heavy atom. The third kappa shape index (κ3) is 3.51. The van der Waals surface area contributed by atoms with E-state index < -0.39 is 6.10 Å². The minimum atomic E-state index is -0.409. The van der Waals surface area contributed by atoms with Crippen molar-refractivity contribution >= 4 is 17.3 Å². The molecule has 1 saturated heterocycles. The average molecular weight is 324 g/mol. The van der Waals surface area contributed by atoms with Gasteiger partial charge in [-0.05, 0) is 24.3 Å². The fourth-order valence-corrected chi connectivity index (χ4v) is 4.37. The molecule has 3 atom stereocenters. The molecule has 2 aliphatic rings. The topological polar surface area (TPSA) is 53.0 Å². The van der Waals surface area contributed by atoms with Crippen LogP contribution in [0.3, 0.4) is 0 Å². The quantitative estimate of drug-likeness (QED) is 0.843. The van der Waals surface area contributed by atoms with E-state index in [1.54, 1.807) is 11.3 Å². The molecule has 22 heavy (non-hydrogen) atoms. The number of carbonyl (C=O) groups excluding carboxylic acids is 1. The molecule has 1 N–H and O–H groups in total. The van der Waals surface area contributed by atoms with E-state index in [9.17, 15) is 9.90 Å². The van der Waals surface area contributed by atoms with Crippen molar-refractivity contribution in [3.63, 3.8) is 0 Å². The van der Waals surface area contributed by atoms with E-state index in [1.165, 1.54) is 12.0 Å². The highest BCUT2D eigenvalue weighted by atomic mass is 32.1. The predicted molar refractivity (Wildman–Crippen MR) is 85.7 cm³/mol. The van der Waals surface area contributed by atoms with E-state index in [4.69, 9.17) is 4.74 Å². The van der Waals surface area contributed by atoms with Crippen LogP contribution in [0.5, 0.6) is 0 Å². The van der Waals surface area contributed by atoms with Gasteiger partial charge in [-0.2, -0.15) is 0 Å². The number of methoxy groups -OCH3 is 1. The Hall–Kier alpha value is -0.950. The standard InChI is InChI=1S/C16H24N2O3S/c1-21-16(20)12-9-14(15(19)10-12)18-6-4-17(5-7-18)11-13-3-2-8-22-13/h2-3,8,12,14-15,19H,4-7,9-11H2,1H3/t12-,14-,15-/m0/s1. The van der Waals surface area contributed by atoms with E-state index in [0.717, 1.165) is 39.1 Å². The Morgan fingerprint density at radius 2 is 2.14 bits per heavy atom. The van der Waals surface area contributed by atoms with Crippen LogP contribution in [0.25, 0.3) is 0 Å². The zero-order chi connectivity index (χ0) is 15.5. The zero-order valence-electron chi connectivity index (χ0n) is 13.0. The Bertz CT molecular complexity index is 486. The third-order valence-electron chi connectivity index (χ3n) is 4.87. The lowest BCUT2D eigenvalue weighted by Crippen LogP contribution is -2.52. The first-order valence-corrected chi connectivity index (χ1v) is 8.80. The Kier molecular flexibility index (Phi) is 5.13. The molecular formula is C16H24N2O3S. The van der Waals surface area contributed by atoms with Crippen molar-refractivity contribution < 1.29 is 14.6 Å². The van der Waals surface area contributed by atoms with Gasteiger partial charge in [-0.15, -0.1) is 11.3 Å². The first kappa shape index (κ1) is 15.9. The van der Waals surface area contributed by atoms with Crippen LogP contribution in [0.2, 0.25) is 0 Å². The maximum absolute atomic E-state index is 11.7. The van der Waals surface area contributed by atoms with Crippen LogP contribution in [0.4, 0.5) is 0 Å². The highest BCUT2D eigenvalue weighted by Crippen LogP contribution is 2.31. The van der Waals surface area contributed by atoms with Crippen molar-refractivity contribution in [2.45, 2.75) is 31.5 Å². The molecular weight excluding hydrogens is 300 g/mol. The van der Waals surface area contributed by atoms with Gasteiger partial charge < -0.3 is 9.84 Å². The molecule has 0 unspecified atom stereocenters. The van der Waals surface area contributed by atoms with Gasteiger partial charge in [0.1, 0.15) is 0 Å². The van der Waals surface area contributed by atoms with Crippen LogP contribution < -0.4 is 0 Å². The molecule has 0 bridgehead atoms. The Labute approximate surface area is 135 Å². The monoisotopic (exact) mass is 324 g/mol. The summed E-state index contributed by atoms with van der Waals surface area (Å²) in [5.41, 5.74) is 0. The maximum Gasteiger partial charge on any atom is 0.308 e. The summed E-state index contributed by atoms with van der Waals surface area (Å²) in [5, 5.41) is 12.4. The minimum absolute atomic E-state index is 0.105. The van der Waals surface area contributed by atoms with Gasteiger partial charge in [-0.25, -0.2) is 0 Å². The number of ether oxygens (including phenoxy) is 1. The molecule has 1 aromatic heterocycles. The second-order valence-electron chi connectivity index (χ2n) is 6.22. The van der Waals surface area contributed by atoms with Gasteiger partial charge in [-0.3, -0.25) is 14.6 Å². The van der Waals surface area contributed by atoms with Crippen molar-refractivity contribution in [3.05, 3.63) is 22.4 Å². The fourth-order valence-electron chi connectivity index (χ4n) is 3.62. The van der Waals surface area contributed by atoms with E-state index in [0.29, 0.717) is 6.42 Å². The van der Waals surface area contributed by atoms with Crippen molar-refractivity contribution in [1.82, 2.24) is 9.80 Å². The lowest BCUT2D eigenvalue weighted by molar-refractivity contribution is -0.145. The fraction of sp³-hybridized carbons (Fsp3) is 0.688. The maximum atomic E-state index is 11.7. The molecule has 6 heteroatoms. The molecule has 5 nitrogen and oxygen atoms in total. The number of hydrogen-bond donors (Lipinski definition) is 1. The van der Waals surface area contributed by atoms with Crippen molar-refractivity contribution in [2.75, 3.05) is 33.3 Å². The van der Waals surface area contributed by atoms with Gasteiger partial charge in [0, 0.05) is 43.6 Å². The molecule has 3 rings (SSSR count).